The Labute approximate surface area is 154 Å². The molecule has 3 aromatic rings. The van der Waals surface area contributed by atoms with Gasteiger partial charge in [0.15, 0.2) is 10.2 Å². The van der Waals surface area contributed by atoms with Crippen LogP contribution in [0.25, 0.3) is 21.9 Å². The van der Waals surface area contributed by atoms with Crippen LogP contribution in [0.4, 0.5) is 0 Å². The number of nitrogens with one attached hydrogen (secondary N) is 2. The maximum atomic E-state index is 12.9. The molecule has 0 unspecified atom stereocenters. The summed E-state index contributed by atoms with van der Waals surface area (Å²) in [5.74, 6) is 0. The second-order valence-electron chi connectivity index (χ2n) is 5.45. The number of thiocarbonyl (C=S) groups is 2. The molecule has 8 heteroatoms. The van der Waals surface area contributed by atoms with Gasteiger partial charge in [-0.2, -0.15) is 0 Å². The number of hydrogen-bond acceptors (Lipinski definition) is 4. The molecule has 128 valence electrons. The first-order chi connectivity index (χ1) is 12.0. The molecule has 0 fully saturated rings. The van der Waals surface area contributed by atoms with E-state index in [-0.39, 0.29) is 15.7 Å². The van der Waals surface area contributed by atoms with Crippen LogP contribution in [0.3, 0.4) is 0 Å². The van der Waals surface area contributed by atoms with Crippen LogP contribution in [0.2, 0.25) is 0 Å². The van der Waals surface area contributed by atoms with E-state index in [1.54, 1.807) is 24.3 Å². The molecule has 0 atom stereocenters. The monoisotopic (exact) mass is 372 g/mol. The van der Waals surface area contributed by atoms with Gasteiger partial charge in [-0.1, -0.05) is 24.3 Å². The molecule has 2 aromatic carbocycles. The third-order valence-electron chi connectivity index (χ3n) is 3.79. The molecule has 1 aromatic heterocycles. The van der Waals surface area contributed by atoms with Crippen LogP contribution in [-0.2, 0) is 13.1 Å². The quantitative estimate of drug-likeness (QED) is 0.404. The highest BCUT2D eigenvalue weighted by molar-refractivity contribution is 7.80. The highest BCUT2D eigenvalue weighted by Crippen LogP contribution is 2.24. The zero-order valence-corrected chi connectivity index (χ0v) is 14.8. The van der Waals surface area contributed by atoms with E-state index in [0.29, 0.717) is 35.0 Å². The van der Waals surface area contributed by atoms with Gasteiger partial charge >= 0.3 is 0 Å². The van der Waals surface area contributed by atoms with Crippen molar-refractivity contribution in [2.75, 3.05) is 0 Å². The fourth-order valence-corrected chi connectivity index (χ4v) is 2.80. The molecule has 0 bridgehead atoms. The van der Waals surface area contributed by atoms with E-state index in [0.717, 1.165) is 11.1 Å². The molecule has 0 aliphatic heterocycles. The van der Waals surface area contributed by atoms with Crippen LogP contribution >= 0.6 is 24.4 Å². The number of rotatable bonds is 4. The largest absolute Gasteiger partial charge is 0.455 e. The Balaban J connectivity index is 2.21. The average Bonchev–Trinajstić information content (AvgIpc) is 2.58. The Morgan fingerprint density at radius 1 is 0.880 bits per heavy atom. The zero-order valence-electron chi connectivity index (χ0n) is 13.2. The van der Waals surface area contributed by atoms with Crippen LogP contribution in [0, 0.1) is 0 Å². The molecule has 0 saturated carbocycles. The minimum Gasteiger partial charge on any atom is -0.455 e. The van der Waals surface area contributed by atoms with E-state index in [1.807, 2.05) is 12.1 Å². The van der Waals surface area contributed by atoms with E-state index < -0.39 is 0 Å². The second-order valence-corrected chi connectivity index (χ2v) is 6.33. The third kappa shape index (κ3) is 3.54. The Kier molecular flexibility index (Phi) is 4.82. The number of hydrogen-bond donors (Lipinski definition) is 4. The summed E-state index contributed by atoms with van der Waals surface area (Å²) >= 11 is 9.68. The smallest absolute Gasteiger partial charge is 0.200 e. The first-order valence-electron chi connectivity index (χ1n) is 7.50. The van der Waals surface area contributed by atoms with Gasteiger partial charge in [0.05, 0.1) is 10.8 Å². The van der Waals surface area contributed by atoms with Crippen LogP contribution < -0.4 is 27.5 Å². The van der Waals surface area contributed by atoms with Gasteiger partial charge in [-0.25, -0.2) is 0 Å². The lowest BCUT2D eigenvalue weighted by molar-refractivity contribution is 0.644. The predicted octanol–water partition coefficient (Wildman–Crippen LogP) is 1.61. The van der Waals surface area contributed by atoms with Gasteiger partial charge in [0, 0.05) is 24.2 Å². The van der Waals surface area contributed by atoms with Crippen molar-refractivity contribution in [2.24, 2.45) is 11.5 Å². The molecular weight excluding hydrogens is 356 g/mol. The van der Waals surface area contributed by atoms with Gasteiger partial charge < -0.3 is 26.5 Å². The Morgan fingerprint density at radius 3 is 1.72 bits per heavy atom. The Hall–Kier alpha value is -2.71. The molecule has 0 saturated heterocycles. The van der Waals surface area contributed by atoms with E-state index in [4.69, 9.17) is 40.3 Å². The van der Waals surface area contributed by atoms with Crippen LogP contribution in [-0.4, -0.2) is 10.2 Å². The highest BCUT2D eigenvalue weighted by atomic mass is 32.1. The molecule has 0 aliphatic carbocycles. The molecule has 1 heterocycles. The van der Waals surface area contributed by atoms with Gasteiger partial charge in [0.2, 0.25) is 5.43 Å². The number of fused-ring (bicyclic) bond motifs is 2. The third-order valence-corrected chi connectivity index (χ3v) is 4.08. The molecule has 6 N–H and O–H groups in total. The summed E-state index contributed by atoms with van der Waals surface area (Å²) in [6.45, 7) is 0.739. The second kappa shape index (κ2) is 7.04. The Morgan fingerprint density at radius 2 is 1.32 bits per heavy atom. The molecule has 0 radical (unpaired) electrons. The summed E-state index contributed by atoms with van der Waals surface area (Å²) in [7, 11) is 0. The first-order valence-corrected chi connectivity index (χ1v) is 8.32. The number of nitrogens with two attached hydrogens (primary N) is 2. The summed E-state index contributed by atoms with van der Waals surface area (Å²) in [6, 6.07) is 10.8. The summed E-state index contributed by atoms with van der Waals surface area (Å²) < 4.78 is 6.11. The first kappa shape index (κ1) is 17.1. The van der Waals surface area contributed by atoms with Crippen molar-refractivity contribution in [1.82, 2.24) is 10.6 Å². The van der Waals surface area contributed by atoms with Crippen molar-refractivity contribution < 1.29 is 4.42 Å². The minimum absolute atomic E-state index is 0.0920. The molecule has 3 rings (SSSR count). The van der Waals surface area contributed by atoms with Crippen LogP contribution in [0.15, 0.2) is 45.6 Å². The van der Waals surface area contributed by atoms with Gasteiger partial charge in [-0.15, -0.1) is 0 Å². The van der Waals surface area contributed by atoms with Crippen molar-refractivity contribution in [2.45, 2.75) is 13.1 Å². The van der Waals surface area contributed by atoms with Crippen molar-refractivity contribution in [3.63, 3.8) is 0 Å². The average molecular weight is 372 g/mol. The van der Waals surface area contributed by atoms with E-state index in [9.17, 15) is 4.79 Å². The summed E-state index contributed by atoms with van der Waals surface area (Å²) in [5.41, 5.74) is 13.5. The zero-order chi connectivity index (χ0) is 18.0. The van der Waals surface area contributed by atoms with E-state index in [1.165, 1.54) is 0 Å². The predicted molar refractivity (Wildman–Crippen MR) is 107 cm³/mol. The topological polar surface area (TPSA) is 106 Å². The van der Waals surface area contributed by atoms with Crippen LogP contribution in [0.1, 0.15) is 11.1 Å². The number of para-hydroxylation sites is 2. The van der Waals surface area contributed by atoms with Crippen LogP contribution in [0.5, 0.6) is 0 Å². The molecule has 0 amide bonds. The fourth-order valence-electron chi connectivity index (χ4n) is 2.66. The molecular formula is C17H16N4O2S2. The summed E-state index contributed by atoms with van der Waals surface area (Å²) in [5, 5.41) is 7.14. The fraction of sp³-hybridized carbons (Fsp3) is 0.118. The maximum absolute atomic E-state index is 12.9. The molecule has 25 heavy (non-hydrogen) atoms. The van der Waals surface area contributed by atoms with Crippen molar-refractivity contribution in [3.05, 3.63) is 57.7 Å². The highest BCUT2D eigenvalue weighted by Gasteiger charge is 2.13. The molecule has 6 nitrogen and oxygen atoms in total. The minimum atomic E-state index is -0.0920. The lowest BCUT2D eigenvalue weighted by atomic mass is 10.1. The van der Waals surface area contributed by atoms with Gasteiger partial charge in [-0.3, -0.25) is 4.79 Å². The maximum Gasteiger partial charge on any atom is 0.200 e. The SMILES string of the molecule is NC(=S)NCc1cccc2c(=O)c3cccc(CNC(N)=S)c3oc12. The summed E-state index contributed by atoms with van der Waals surface area (Å²) in [4.78, 5) is 12.9. The van der Waals surface area contributed by atoms with Crippen molar-refractivity contribution >= 4 is 56.6 Å². The lowest BCUT2D eigenvalue weighted by Gasteiger charge is -2.11. The summed E-state index contributed by atoms with van der Waals surface area (Å²) in [6.07, 6.45) is 0. The van der Waals surface area contributed by atoms with Gasteiger partial charge in [-0.05, 0) is 36.6 Å². The normalized spacial score (nSPS) is 10.7. The van der Waals surface area contributed by atoms with Gasteiger partial charge in [0.1, 0.15) is 11.2 Å². The molecule has 0 spiro atoms. The van der Waals surface area contributed by atoms with E-state index in [2.05, 4.69) is 10.6 Å². The van der Waals surface area contributed by atoms with Crippen molar-refractivity contribution in [1.29, 1.82) is 0 Å². The van der Waals surface area contributed by atoms with Crippen molar-refractivity contribution in [3.8, 4) is 0 Å². The number of benzene rings is 2. The molecule has 0 aliphatic rings. The standard InChI is InChI=1S/C17H16N4O2S2/c18-16(24)20-7-9-3-1-5-11-13(22)12-6-2-4-10(8-21-17(19)25)15(12)23-14(9)11/h1-6H,7-8H2,(H3,18,20,24)(H3,19,21,25). The lowest BCUT2D eigenvalue weighted by Crippen LogP contribution is -2.28. The van der Waals surface area contributed by atoms with E-state index >= 15 is 0 Å². The van der Waals surface area contributed by atoms with Gasteiger partial charge in [0.25, 0.3) is 0 Å². The Bertz CT molecular complexity index is 967.